The van der Waals surface area contributed by atoms with Gasteiger partial charge in [0.15, 0.2) is 0 Å². The first kappa shape index (κ1) is 9.55. The minimum absolute atomic E-state index is 0.304. The van der Waals surface area contributed by atoms with Crippen molar-refractivity contribution in [1.29, 1.82) is 0 Å². The third-order valence-electron chi connectivity index (χ3n) is 3.13. The van der Waals surface area contributed by atoms with Gasteiger partial charge in [-0.15, -0.1) is 0 Å². The molecule has 0 amide bonds. The summed E-state index contributed by atoms with van der Waals surface area (Å²) in [6, 6.07) is 13.1. The highest BCUT2D eigenvalue weighted by molar-refractivity contribution is 5.38. The molecule has 0 fully saturated rings. The van der Waals surface area contributed by atoms with Crippen LogP contribution in [-0.2, 0) is 6.42 Å². The highest BCUT2D eigenvalue weighted by Gasteiger charge is 2.20. The molecule has 2 aromatic rings. The number of rotatable bonds is 1. The summed E-state index contributed by atoms with van der Waals surface area (Å²) in [6.07, 6.45) is 4.88. The van der Waals surface area contributed by atoms with E-state index in [2.05, 4.69) is 40.6 Å². The van der Waals surface area contributed by atoms with Gasteiger partial charge in [0, 0.05) is 18.9 Å². The lowest BCUT2D eigenvalue weighted by Gasteiger charge is -2.26. The number of hydrogen-bond acceptors (Lipinski definition) is 2. The predicted molar refractivity (Wildman–Crippen MR) is 64.2 cm³/mol. The average Bonchev–Trinajstić information content (AvgIpc) is 2.39. The summed E-state index contributed by atoms with van der Waals surface area (Å²) in [5.41, 5.74) is 4.09. The van der Waals surface area contributed by atoms with E-state index in [1.165, 1.54) is 16.7 Å². The van der Waals surface area contributed by atoms with Crippen LogP contribution in [0, 0.1) is 0 Å². The first-order chi connectivity index (χ1) is 7.95. The van der Waals surface area contributed by atoms with Crippen LogP contribution in [0.5, 0.6) is 0 Å². The monoisotopic (exact) mass is 210 g/mol. The van der Waals surface area contributed by atoms with Crippen molar-refractivity contribution >= 4 is 0 Å². The van der Waals surface area contributed by atoms with Gasteiger partial charge in [0.2, 0.25) is 0 Å². The molecule has 0 spiro atoms. The lowest BCUT2D eigenvalue weighted by molar-refractivity contribution is 0.566. The quantitative estimate of drug-likeness (QED) is 0.781. The standard InChI is InChI=1S/C14H14N2/c1-2-6-13-11(4-1)7-9-16-14(13)12-5-3-8-15-10-12/h1-6,8,10,14,16H,7,9H2. The minimum Gasteiger partial charge on any atom is -0.306 e. The number of hydrogen-bond donors (Lipinski definition) is 1. The summed E-state index contributed by atoms with van der Waals surface area (Å²) in [5.74, 6) is 0. The van der Waals surface area contributed by atoms with Crippen LogP contribution in [0.15, 0.2) is 48.8 Å². The van der Waals surface area contributed by atoms with E-state index in [-0.39, 0.29) is 0 Å². The van der Waals surface area contributed by atoms with Crippen LogP contribution < -0.4 is 5.32 Å². The molecule has 3 rings (SSSR count). The average molecular weight is 210 g/mol. The van der Waals surface area contributed by atoms with Crippen LogP contribution in [0.25, 0.3) is 0 Å². The molecule has 0 saturated heterocycles. The number of nitrogens with zero attached hydrogens (tertiary/aromatic N) is 1. The van der Waals surface area contributed by atoms with E-state index in [4.69, 9.17) is 0 Å². The summed E-state index contributed by atoms with van der Waals surface area (Å²) < 4.78 is 0. The van der Waals surface area contributed by atoms with Crippen LogP contribution in [-0.4, -0.2) is 11.5 Å². The van der Waals surface area contributed by atoms with Crippen molar-refractivity contribution in [2.45, 2.75) is 12.5 Å². The van der Waals surface area contributed by atoms with Crippen LogP contribution in [0.4, 0.5) is 0 Å². The molecule has 1 unspecified atom stereocenters. The van der Waals surface area contributed by atoms with Crippen molar-refractivity contribution < 1.29 is 0 Å². The smallest absolute Gasteiger partial charge is 0.0594 e. The molecule has 1 atom stereocenters. The Labute approximate surface area is 95.3 Å². The Balaban J connectivity index is 2.05. The normalized spacial score (nSPS) is 19.1. The second-order valence-electron chi connectivity index (χ2n) is 4.12. The molecule has 2 heterocycles. The number of benzene rings is 1. The van der Waals surface area contributed by atoms with Gasteiger partial charge in [-0.25, -0.2) is 0 Å². The van der Waals surface area contributed by atoms with Gasteiger partial charge in [0.1, 0.15) is 0 Å². The van der Waals surface area contributed by atoms with Crippen molar-refractivity contribution in [3.8, 4) is 0 Å². The van der Waals surface area contributed by atoms with E-state index in [0.29, 0.717) is 6.04 Å². The summed E-state index contributed by atoms with van der Waals surface area (Å²) in [6.45, 7) is 1.04. The third kappa shape index (κ3) is 1.61. The molecule has 0 bridgehead atoms. The van der Waals surface area contributed by atoms with E-state index >= 15 is 0 Å². The van der Waals surface area contributed by atoms with Gasteiger partial charge in [-0.2, -0.15) is 0 Å². The van der Waals surface area contributed by atoms with Gasteiger partial charge >= 0.3 is 0 Å². The number of nitrogens with one attached hydrogen (secondary N) is 1. The van der Waals surface area contributed by atoms with Crippen LogP contribution in [0.2, 0.25) is 0 Å². The molecule has 0 saturated carbocycles. The molecular weight excluding hydrogens is 196 g/mol. The lowest BCUT2D eigenvalue weighted by Crippen LogP contribution is -2.30. The van der Waals surface area contributed by atoms with Gasteiger partial charge in [0.05, 0.1) is 6.04 Å². The maximum Gasteiger partial charge on any atom is 0.0594 e. The van der Waals surface area contributed by atoms with Crippen LogP contribution in [0.1, 0.15) is 22.7 Å². The van der Waals surface area contributed by atoms with Gasteiger partial charge in [-0.3, -0.25) is 4.98 Å². The van der Waals surface area contributed by atoms with E-state index in [1.807, 2.05) is 18.5 Å². The maximum atomic E-state index is 4.19. The Morgan fingerprint density at radius 3 is 2.94 bits per heavy atom. The fourth-order valence-corrected chi connectivity index (χ4v) is 2.35. The molecule has 2 nitrogen and oxygen atoms in total. The molecule has 16 heavy (non-hydrogen) atoms. The van der Waals surface area contributed by atoms with E-state index in [0.717, 1.165) is 13.0 Å². The van der Waals surface area contributed by atoms with E-state index < -0.39 is 0 Å². The number of pyridine rings is 1. The van der Waals surface area contributed by atoms with Gasteiger partial charge in [-0.1, -0.05) is 30.3 Å². The highest BCUT2D eigenvalue weighted by Crippen LogP contribution is 2.27. The fraction of sp³-hybridized carbons (Fsp3) is 0.214. The molecule has 1 aliphatic rings. The number of aromatic nitrogens is 1. The Kier molecular flexibility index (Phi) is 2.43. The molecule has 0 aliphatic carbocycles. The molecule has 1 aromatic heterocycles. The van der Waals surface area contributed by atoms with Crippen molar-refractivity contribution in [3.63, 3.8) is 0 Å². The second kappa shape index (κ2) is 4.06. The maximum absolute atomic E-state index is 4.19. The van der Waals surface area contributed by atoms with E-state index in [1.54, 1.807) is 0 Å². The van der Waals surface area contributed by atoms with Crippen molar-refractivity contribution in [1.82, 2.24) is 10.3 Å². The fourth-order valence-electron chi connectivity index (χ4n) is 2.35. The predicted octanol–water partition coefficient (Wildman–Crippen LogP) is 2.32. The molecule has 0 radical (unpaired) electrons. The SMILES string of the molecule is c1cncc(C2NCCc3ccccc32)c1. The Morgan fingerprint density at radius 1 is 1.12 bits per heavy atom. The zero-order chi connectivity index (χ0) is 10.8. The molecular formula is C14H14N2. The lowest BCUT2D eigenvalue weighted by atomic mass is 9.91. The summed E-state index contributed by atoms with van der Waals surface area (Å²) >= 11 is 0. The number of fused-ring (bicyclic) bond motifs is 1. The Bertz CT molecular complexity index is 479. The van der Waals surface area contributed by atoms with Crippen LogP contribution in [0.3, 0.4) is 0 Å². The van der Waals surface area contributed by atoms with Gasteiger partial charge < -0.3 is 5.32 Å². The first-order valence-corrected chi connectivity index (χ1v) is 5.66. The third-order valence-corrected chi connectivity index (χ3v) is 3.13. The van der Waals surface area contributed by atoms with Crippen molar-refractivity contribution in [2.24, 2.45) is 0 Å². The summed E-state index contributed by atoms with van der Waals surface area (Å²) in [5, 5.41) is 3.55. The minimum atomic E-state index is 0.304. The summed E-state index contributed by atoms with van der Waals surface area (Å²) in [7, 11) is 0. The summed E-state index contributed by atoms with van der Waals surface area (Å²) in [4.78, 5) is 4.19. The van der Waals surface area contributed by atoms with Crippen LogP contribution >= 0.6 is 0 Å². The van der Waals surface area contributed by atoms with Gasteiger partial charge in [-0.05, 0) is 29.2 Å². The highest BCUT2D eigenvalue weighted by atomic mass is 14.9. The van der Waals surface area contributed by atoms with Crippen molar-refractivity contribution in [3.05, 3.63) is 65.5 Å². The molecule has 1 aromatic carbocycles. The first-order valence-electron chi connectivity index (χ1n) is 5.66. The molecule has 1 aliphatic heterocycles. The molecule has 1 N–H and O–H groups in total. The van der Waals surface area contributed by atoms with E-state index in [9.17, 15) is 0 Å². The Morgan fingerprint density at radius 2 is 2.06 bits per heavy atom. The van der Waals surface area contributed by atoms with Crippen molar-refractivity contribution in [2.75, 3.05) is 6.54 Å². The second-order valence-corrected chi connectivity index (χ2v) is 4.12. The molecule has 2 heteroatoms. The topological polar surface area (TPSA) is 24.9 Å². The largest absolute Gasteiger partial charge is 0.306 e. The van der Waals surface area contributed by atoms with Gasteiger partial charge in [0.25, 0.3) is 0 Å². The zero-order valence-electron chi connectivity index (χ0n) is 9.06. The Hall–Kier alpha value is -1.67. The zero-order valence-corrected chi connectivity index (χ0v) is 9.06. The molecule has 80 valence electrons.